The van der Waals surface area contributed by atoms with Crippen LogP contribution in [0.15, 0.2) is 0 Å². The second-order valence-corrected chi connectivity index (χ2v) is 6.34. The van der Waals surface area contributed by atoms with E-state index in [0.717, 1.165) is 39.0 Å². The quantitative estimate of drug-likeness (QED) is 0.770. The zero-order valence-electron chi connectivity index (χ0n) is 12.7. The molecule has 0 aromatic rings. The molecule has 116 valence electrons. The van der Waals surface area contributed by atoms with Crippen LogP contribution in [0.3, 0.4) is 0 Å². The molecule has 5 heteroatoms. The first-order chi connectivity index (χ1) is 9.57. The van der Waals surface area contributed by atoms with Crippen molar-refractivity contribution in [3.8, 4) is 0 Å². The van der Waals surface area contributed by atoms with Crippen LogP contribution in [0.25, 0.3) is 0 Å². The number of nitrogens with zero attached hydrogens (tertiary/aromatic N) is 1. The zero-order chi connectivity index (χ0) is 14.6. The van der Waals surface area contributed by atoms with Crippen LogP contribution in [-0.2, 0) is 9.53 Å². The van der Waals surface area contributed by atoms with Crippen molar-refractivity contribution < 1.29 is 14.6 Å². The molecule has 20 heavy (non-hydrogen) atoms. The van der Waals surface area contributed by atoms with E-state index in [-0.39, 0.29) is 0 Å². The molecule has 0 spiro atoms. The number of nitrogens with one attached hydrogen (secondary N) is 1. The molecule has 0 aromatic heterocycles. The van der Waals surface area contributed by atoms with E-state index in [9.17, 15) is 9.90 Å². The Morgan fingerprint density at radius 3 is 2.90 bits per heavy atom. The van der Waals surface area contributed by atoms with Crippen LogP contribution in [-0.4, -0.2) is 60.9 Å². The molecule has 1 saturated heterocycles. The number of hydrogen-bond acceptors (Lipinski definition) is 4. The molecule has 2 fully saturated rings. The molecule has 3 atom stereocenters. The van der Waals surface area contributed by atoms with Gasteiger partial charge in [-0.25, -0.2) is 0 Å². The van der Waals surface area contributed by atoms with E-state index in [2.05, 4.69) is 17.3 Å². The summed E-state index contributed by atoms with van der Waals surface area (Å²) in [5.41, 5.74) is -0.712. The zero-order valence-corrected chi connectivity index (χ0v) is 12.7. The number of hydrogen-bond donors (Lipinski definition) is 2. The summed E-state index contributed by atoms with van der Waals surface area (Å²) in [5, 5.41) is 12.7. The lowest BCUT2D eigenvalue weighted by molar-refractivity contribution is -0.144. The van der Waals surface area contributed by atoms with Crippen molar-refractivity contribution >= 4 is 5.97 Å². The van der Waals surface area contributed by atoms with E-state index in [4.69, 9.17) is 4.74 Å². The van der Waals surface area contributed by atoms with Crippen LogP contribution in [0.2, 0.25) is 0 Å². The molecule has 1 saturated carbocycles. The number of carboxylic acid groups (broad SMARTS) is 1. The Morgan fingerprint density at radius 2 is 2.30 bits per heavy atom. The van der Waals surface area contributed by atoms with E-state index >= 15 is 0 Å². The Hall–Kier alpha value is -0.650. The van der Waals surface area contributed by atoms with Gasteiger partial charge in [0.2, 0.25) is 0 Å². The lowest BCUT2D eigenvalue weighted by Gasteiger charge is -2.32. The van der Waals surface area contributed by atoms with Crippen LogP contribution < -0.4 is 5.32 Å². The van der Waals surface area contributed by atoms with Gasteiger partial charge in [0.1, 0.15) is 5.54 Å². The van der Waals surface area contributed by atoms with Crippen molar-refractivity contribution in [3.05, 3.63) is 0 Å². The third-order valence-corrected chi connectivity index (χ3v) is 4.84. The highest BCUT2D eigenvalue weighted by Crippen LogP contribution is 2.33. The van der Waals surface area contributed by atoms with E-state index in [1.165, 1.54) is 6.42 Å². The third kappa shape index (κ3) is 3.51. The second kappa shape index (κ2) is 6.87. The Balaban J connectivity index is 1.88. The molecule has 3 unspecified atom stereocenters. The number of aliphatic carboxylic acids is 1. The highest BCUT2D eigenvalue weighted by molar-refractivity contribution is 5.79. The van der Waals surface area contributed by atoms with Gasteiger partial charge >= 0.3 is 5.97 Å². The molecule has 1 aliphatic carbocycles. The maximum atomic E-state index is 11.6. The summed E-state index contributed by atoms with van der Waals surface area (Å²) in [6, 6.07) is 0.368. The maximum absolute atomic E-state index is 11.6. The fourth-order valence-corrected chi connectivity index (χ4v) is 3.67. The minimum absolute atomic E-state index is 0.368. The number of carbonyl (C=O) groups is 1. The van der Waals surface area contributed by atoms with Crippen molar-refractivity contribution in [2.75, 3.05) is 33.4 Å². The SMILES string of the molecule is CCNC1(C(=O)O)CCC(N(C)CC2CCCOC2)C1. The summed E-state index contributed by atoms with van der Waals surface area (Å²) < 4.78 is 5.53. The largest absolute Gasteiger partial charge is 0.480 e. The van der Waals surface area contributed by atoms with E-state index in [1.807, 2.05) is 6.92 Å². The van der Waals surface area contributed by atoms with Gasteiger partial charge in [-0.15, -0.1) is 0 Å². The molecule has 2 aliphatic rings. The molecule has 0 bridgehead atoms. The molecule has 1 aliphatic heterocycles. The standard InChI is InChI=1S/C15H28N2O3/c1-3-16-15(14(18)19)7-6-13(9-15)17(2)10-12-5-4-8-20-11-12/h12-13,16H,3-11H2,1-2H3,(H,18,19). The number of ether oxygens (including phenoxy) is 1. The summed E-state index contributed by atoms with van der Waals surface area (Å²) >= 11 is 0. The molecule has 5 nitrogen and oxygen atoms in total. The van der Waals surface area contributed by atoms with Crippen LogP contribution >= 0.6 is 0 Å². The lowest BCUT2D eigenvalue weighted by Crippen LogP contribution is -2.51. The van der Waals surface area contributed by atoms with E-state index in [1.54, 1.807) is 0 Å². The number of likely N-dealkylation sites (N-methyl/N-ethyl adjacent to an activating group) is 1. The molecular weight excluding hydrogens is 256 g/mol. The van der Waals surface area contributed by atoms with Gasteiger partial charge in [-0.1, -0.05) is 6.92 Å². The summed E-state index contributed by atoms with van der Waals surface area (Å²) in [7, 11) is 2.13. The van der Waals surface area contributed by atoms with Gasteiger partial charge in [-0.05, 0) is 51.6 Å². The van der Waals surface area contributed by atoms with Crippen molar-refractivity contribution in [1.29, 1.82) is 0 Å². The Labute approximate surface area is 121 Å². The Morgan fingerprint density at radius 1 is 1.50 bits per heavy atom. The summed E-state index contributed by atoms with van der Waals surface area (Å²) in [4.78, 5) is 13.9. The van der Waals surface area contributed by atoms with Gasteiger partial charge in [-0.3, -0.25) is 4.79 Å². The van der Waals surface area contributed by atoms with Crippen molar-refractivity contribution in [3.63, 3.8) is 0 Å². The molecular formula is C15H28N2O3. The summed E-state index contributed by atoms with van der Waals surface area (Å²) in [6.45, 7) is 5.45. The third-order valence-electron chi connectivity index (χ3n) is 4.84. The first-order valence-corrected chi connectivity index (χ1v) is 7.84. The van der Waals surface area contributed by atoms with E-state index < -0.39 is 11.5 Å². The van der Waals surface area contributed by atoms with Gasteiger partial charge in [-0.2, -0.15) is 0 Å². The minimum Gasteiger partial charge on any atom is -0.480 e. The first-order valence-electron chi connectivity index (χ1n) is 7.84. The predicted octanol–water partition coefficient (Wildman–Crippen LogP) is 1.33. The first kappa shape index (κ1) is 15.7. The monoisotopic (exact) mass is 284 g/mol. The van der Waals surface area contributed by atoms with Crippen molar-refractivity contribution in [2.24, 2.45) is 5.92 Å². The Kier molecular flexibility index (Phi) is 5.41. The van der Waals surface area contributed by atoms with E-state index in [0.29, 0.717) is 24.9 Å². The lowest BCUT2D eigenvalue weighted by atomic mass is 9.96. The van der Waals surface area contributed by atoms with Gasteiger partial charge in [0.05, 0.1) is 6.61 Å². The molecule has 1 heterocycles. The molecule has 0 radical (unpaired) electrons. The summed E-state index contributed by atoms with van der Waals surface area (Å²) in [5.74, 6) is -0.0936. The van der Waals surface area contributed by atoms with Crippen LogP contribution in [0.1, 0.15) is 39.0 Å². The van der Waals surface area contributed by atoms with Crippen LogP contribution in [0.5, 0.6) is 0 Å². The fourth-order valence-electron chi connectivity index (χ4n) is 3.67. The van der Waals surface area contributed by atoms with Gasteiger partial charge in [0.15, 0.2) is 0 Å². The smallest absolute Gasteiger partial charge is 0.323 e. The van der Waals surface area contributed by atoms with Crippen molar-refractivity contribution in [2.45, 2.75) is 50.6 Å². The average molecular weight is 284 g/mol. The normalized spacial score (nSPS) is 34.5. The fraction of sp³-hybridized carbons (Fsp3) is 0.933. The Bertz CT molecular complexity index is 331. The van der Waals surface area contributed by atoms with Gasteiger partial charge in [0, 0.05) is 19.2 Å². The highest BCUT2D eigenvalue weighted by Gasteiger charge is 2.46. The molecule has 2 rings (SSSR count). The number of carboxylic acids is 1. The molecule has 2 N–H and O–H groups in total. The minimum atomic E-state index is -0.712. The predicted molar refractivity (Wildman–Crippen MR) is 77.9 cm³/mol. The topological polar surface area (TPSA) is 61.8 Å². The maximum Gasteiger partial charge on any atom is 0.323 e. The van der Waals surface area contributed by atoms with Crippen LogP contribution in [0.4, 0.5) is 0 Å². The number of rotatable bonds is 6. The van der Waals surface area contributed by atoms with Gasteiger partial charge < -0.3 is 20.1 Å². The van der Waals surface area contributed by atoms with Crippen LogP contribution in [0, 0.1) is 5.92 Å². The summed E-state index contributed by atoms with van der Waals surface area (Å²) in [6.07, 6.45) is 4.78. The highest BCUT2D eigenvalue weighted by atomic mass is 16.5. The average Bonchev–Trinajstić information content (AvgIpc) is 2.86. The van der Waals surface area contributed by atoms with Gasteiger partial charge in [0.25, 0.3) is 0 Å². The molecule has 0 amide bonds. The van der Waals surface area contributed by atoms with Crippen molar-refractivity contribution in [1.82, 2.24) is 10.2 Å². The molecule has 0 aromatic carbocycles. The second-order valence-electron chi connectivity index (χ2n) is 6.34.